The van der Waals surface area contributed by atoms with Crippen molar-refractivity contribution in [2.75, 3.05) is 0 Å². The monoisotopic (exact) mass is 268 g/mol. The molecule has 0 spiro atoms. The summed E-state index contributed by atoms with van der Waals surface area (Å²) in [6, 6.07) is 2.59. The van der Waals surface area contributed by atoms with Gasteiger partial charge in [0.15, 0.2) is 0 Å². The summed E-state index contributed by atoms with van der Waals surface area (Å²) < 4.78 is 28.5. The van der Waals surface area contributed by atoms with E-state index in [0.717, 1.165) is 6.42 Å². The van der Waals surface area contributed by atoms with Crippen LogP contribution in [0.3, 0.4) is 0 Å². The van der Waals surface area contributed by atoms with Gasteiger partial charge in [0.2, 0.25) is 0 Å². The highest BCUT2D eigenvalue weighted by Crippen LogP contribution is 2.42. The zero-order valence-corrected chi connectivity index (χ0v) is 11.0. The lowest BCUT2D eigenvalue weighted by Crippen LogP contribution is -2.39. The molecule has 4 heteroatoms. The number of benzene rings is 1. The molecule has 0 radical (unpaired) electrons. The average Bonchev–Trinajstić information content (AvgIpc) is 2.40. The Balaban J connectivity index is 2.62. The molecule has 1 aliphatic rings. The largest absolute Gasteiger partial charge is 0.481 e. The van der Waals surface area contributed by atoms with Gasteiger partial charge in [-0.05, 0) is 30.9 Å². The molecule has 2 rings (SSSR count). The fraction of sp³-hybridized carbons (Fsp3) is 0.533. The van der Waals surface area contributed by atoms with Crippen LogP contribution in [0.25, 0.3) is 0 Å². The van der Waals surface area contributed by atoms with E-state index in [1.807, 2.05) is 0 Å². The highest BCUT2D eigenvalue weighted by molar-refractivity contribution is 5.81. The van der Waals surface area contributed by atoms with Gasteiger partial charge in [-0.25, -0.2) is 8.78 Å². The van der Waals surface area contributed by atoms with Crippen molar-refractivity contribution < 1.29 is 18.7 Å². The molecule has 104 valence electrons. The molecular formula is C15H18F2O2. The topological polar surface area (TPSA) is 37.3 Å². The number of aryl methyl sites for hydroxylation is 1. The summed E-state index contributed by atoms with van der Waals surface area (Å²) >= 11 is 0. The van der Waals surface area contributed by atoms with E-state index in [0.29, 0.717) is 37.7 Å². The summed E-state index contributed by atoms with van der Waals surface area (Å²) in [5.74, 6) is -2.52. The van der Waals surface area contributed by atoms with Crippen LogP contribution in [-0.4, -0.2) is 11.1 Å². The summed E-state index contributed by atoms with van der Waals surface area (Å²) in [6.07, 6.45) is 3.36. The van der Waals surface area contributed by atoms with Crippen molar-refractivity contribution in [1.82, 2.24) is 0 Å². The Bertz CT molecular complexity index is 491. The number of aliphatic carboxylic acids is 1. The van der Waals surface area contributed by atoms with Crippen LogP contribution in [0.2, 0.25) is 0 Å². The van der Waals surface area contributed by atoms with E-state index < -0.39 is 23.0 Å². The quantitative estimate of drug-likeness (QED) is 0.905. The average molecular weight is 268 g/mol. The van der Waals surface area contributed by atoms with E-state index in [4.69, 9.17) is 0 Å². The first-order valence-corrected chi connectivity index (χ1v) is 6.73. The van der Waals surface area contributed by atoms with Gasteiger partial charge in [0, 0.05) is 5.56 Å². The molecule has 1 N–H and O–H groups in total. The molecule has 0 heterocycles. The third-order valence-corrected chi connectivity index (χ3v) is 4.15. The molecular weight excluding hydrogens is 250 g/mol. The minimum Gasteiger partial charge on any atom is -0.481 e. The van der Waals surface area contributed by atoms with Crippen molar-refractivity contribution in [2.45, 2.75) is 50.9 Å². The van der Waals surface area contributed by atoms with Gasteiger partial charge in [0.05, 0.1) is 5.41 Å². The van der Waals surface area contributed by atoms with E-state index in [-0.39, 0.29) is 5.56 Å². The standard InChI is InChI=1S/C15H18F2O2/c1-2-10-6-7-11(16)12(13(10)17)15(14(18)19)8-4-3-5-9-15/h6-7H,2-5,8-9H2,1H3,(H,18,19). The lowest BCUT2D eigenvalue weighted by Gasteiger charge is -2.34. The molecule has 19 heavy (non-hydrogen) atoms. The number of hydrogen-bond donors (Lipinski definition) is 1. The lowest BCUT2D eigenvalue weighted by atomic mass is 9.68. The second kappa shape index (κ2) is 5.27. The molecule has 0 aliphatic heterocycles. The second-order valence-electron chi connectivity index (χ2n) is 5.20. The predicted octanol–water partition coefficient (Wildman–Crippen LogP) is 3.81. The van der Waals surface area contributed by atoms with Gasteiger partial charge in [-0.1, -0.05) is 32.3 Å². The summed E-state index contributed by atoms with van der Waals surface area (Å²) in [5.41, 5.74) is -1.25. The van der Waals surface area contributed by atoms with Crippen LogP contribution in [0.15, 0.2) is 12.1 Å². The van der Waals surface area contributed by atoms with Gasteiger partial charge in [-0.15, -0.1) is 0 Å². The maximum atomic E-state index is 14.4. The minimum absolute atomic E-state index is 0.237. The minimum atomic E-state index is -1.39. The number of carboxylic acids is 1. The van der Waals surface area contributed by atoms with Gasteiger partial charge in [-0.3, -0.25) is 4.79 Å². The van der Waals surface area contributed by atoms with E-state index in [1.165, 1.54) is 12.1 Å². The third-order valence-electron chi connectivity index (χ3n) is 4.15. The van der Waals surface area contributed by atoms with E-state index in [1.54, 1.807) is 6.92 Å². The van der Waals surface area contributed by atoms with Crippen LogP contribution in [0, 0.1) is 11.6 Å². The first-order valence-electron chi connectivity index (χ1n) is 6.73. The Hall–Kier alpha value is -1.45. The second-order valence-corrected chi connectivity index (χ2v) is 5.20. The summed E-state index contributed by atoms with van der Waals surface area (Å²) in [6.45, 7) is 1.77. The van der Waals surface area contributed by atoms with Crippen LogP contribution in [0.4, 0.5) is 8.78 Å². The van der Waals surface area contributed by atoms with Crippen LogP contribution in [0.5, 0.6) is 0 Å². The van der Waals surface area contributed by atoms with Crippen molar-refractivity contribution in [3.63, 3.8) is 0 Å². The first kappa shape index (κ1) is 14.0. The molecule has 2 nitrogen and oxygen atoms in total. The number of carboxylic acid groups (broad SMARTS) is 1. The molecule has 0 atom stereocenters. The Kier molecular flexibility index (Phi) is 3.88. The third kappa shape index (κ3) is 2.24. The molecule has 0 aromatic heterocycles. The number of rotatable bonds is 3. The Labute approximate surface area is 111 Å². The molecule has 0 bridgehead atoms. The smallest absolute Gasteiger partial charge is 0.314 e. The van der Waals surface area contributed by atoms with Gasteiger partial charge >= 0.3 is 5.97 Å². The number of carbonyl (C=O) groups is 1. The molecule has 0 unspecified atom stereocenters. The van der Waals surface area contributed by atoms with Crippen molar-refractivity contribution in [3.8, 4) is 0 Å². The van der Waals surface area contributed by atoms with Crippen molar-refractivity contribution in [2.24, 2.45) is 0 Å². The Morgan fingerprint density at radius 3 is 2.42 bits per heavy atom. The van der Waals surface area contributed by atoms with E-state index in [2.05, 4.69) is 0 Å². The highest BCUT2D eigenvalue weighted by atomic mass is 19.1. The van der Waals surface area contributed by atoms with Gasteiger partial charge in [-0.2, -0.15) is 0 Å². The molecule has 0 saturated heterocycles. The van der Waals surface area contributed by atoms with E-state index in [9.17, 15) is 18.7 Å². The van der Waals surface area contributed by atoms with Gasteiger partial charge in [0.1, 0.15) is 11.6 Å². The van der Waals surface area contributed by atoms with Crippen LogP contribution < -0.4 is 0 Å². The van der Waals surface area contributed by atoms with Crippen molar-refractivity contribution in [3.05, 3.63) is 34.9 Å². The first-order chi connectivity index (χ1) is 9.03. The molecule has 1 saturated carbocycles. The molecule has 0 amide bonds. The fourth-order valence-corrected chi connectivity index (χ4v) is 3.03. The maximum absolute atomic E-state index is 14.4. The fourth-order valence-electron chi connectivity index (χ4n) is 3.03. The normalized spacial score (nSPS) is 18.3. The molecule has 1 aliphatic carbocycles. The zero-order chi connectivity index (χ0) is 14.0. The summed E-state index contributed by atoms with van der Waals surface area (Å²) in [7, 11) is 0. The zero-order valence-electron chi connectivity index (χ0n) is 11.0. The van der Waals surface area contributed by atoms with Crippen molar-refractivity contribution >= 4 is 5.97 Å². The molecule has 1 fully saturated rings. The summed E-state index contributed by atoms with van der Waals surface area (Å²) in [5, 5.41) is 9.52. The highest BCUT2D eigenvalue weighted by Gasteiger charge is 2.45. The Morgan fingerprint density at radius 2 is 1.89 bits per heavy atom. The van der Waals surface area contributed by atoms with Crippen LogP contribution >= 0.6 is 0 Å². The summed E-state index contributed by atoms with van der Waals surface area (Å²) in [4.78, 5) is 11.6. The van der Waals surface area contributed by atoms with Crippen LogP contribution in [-0.2, 0) is 16.6 Å². The Morgan fingerprint density at radius 1 is 1.26 bits per heavy atom. The van der Waals surface area contributed by atoms with Crippen LogP contribution in [0.1, 0.15) is 50.2 Å². The lowest BCUT2D eigenvalue weighted by molar-refractivity contribution is -0.145. The van der Waals surface area contributed by atoms with Gasteiger partial charge in [0.25, 0.3) is 0 Å². The number of hydrogen-bond acceptors (Lipinski definition) is 1. The van der Waals surface area contributed by atoms with E-state index >= 15 is 0 Å². The SMILES string of the molecule is CCc1ccc(F)c(C2(C(=O)O)CCCCC2)c1F. The molecule has 1 aromatic rings. The van der Waals surface area contributed by atoms with Gasteiger partial charge < -0.3 is 5.11 Å². The predicted molar refractivity (Wildman–Crippen MR) is 68.1 cm³/mol. The maximum Gasteiger partial charge on any atom is 0.314 e. The number of halogens is 2. The van der Waals surface area contributed by atoms with Crippen molar-refractivity contribution in [1.29, 1.82) is 0 Å². The molecule has 1 aromatic carbocycles.